The molecule has 2 aromatic rings. The van der Waals surface area contributed by atoms with E-state index in [1.165, 1.54) is 36.0 Å². The van der Waals surface area contributed by atoms with E-state index >= 15 is 0 Å². The van der Waals surface area contributed by atoms with E-state index in [1.807, 2.05) is 10.9 Å². The number of benzene rings is 1. The summed E-state index contributed by atoms with van der Waals surface area (Å²) in [6.45, 7) is 3.04. The largest absolute Gasteiger partial charge is 0.273 e. The molecule has 1 aliphatic rings. The van der Waals surface area contributed by atoms with Crippen molar-refractivity contribution in [2.75, 3.05) is 5.88 Å². The van der Waals surface area contributed by atoms with Crippen molar-refractivity contribution in [1.82, 2.24) is 9.78 Å². The Morgan fingerprint density at radius 3 is 2.95 bits per heavy atom. The molecule has 0 N–H and O–H groups in total. The SMILES string of the molecule is CCn1cc(CC2(CCl)CCCc3ccccc32)cn1. The van der Waals surface area contributed by atoms with Crippen LogP contribution in [0.15, 0.2) is 36.7 Å². The van der Waals surface area contributed by atoms with Crippen LogP contribution < -0.4 is 0 Å². The van der Waals surface area contributed by atoms with Gasteiger partial charge in [-0.25, -0.2) is 0 Å². The van der Waals surface area contributed by atoms with Crippen LogP contribution in [0.4, 0.5) is 0 Å². The predicted molar refractivity (Wildman–Crippen MR) is 83.4 cm³/mol. The smallest absolute Gasteiger partial charge is 0.0522 e. The van der Waals surface area contributed by atoms with Gasteiger partial charge in [0.25, 0.3) is 0 Å². The van der Waals surface area contributed by atoms with Gasteiger partial charge < -0.3 is 0 Å². The van der Waals surface area contributed by atoms with Gasteiger partial charge in [-0.05, 0) is 49.3 Å². The van der Waals surface area contributed by atoms with E-state index in [2.05, 4.69) is 42.5 Å². The lowest BCUT2D eigenvalue weighted by Gasteiger charge is -2.37. The standard InChI is InChI=1S/C17H21ClN2/c1-2-20-12-14(11-19-20)10-17(13-18)9-5-7-15-6-3-4-8-16(15)17/h3-4,6,8,11-12H,2,5,7,9-10,13H2,1H3. The minimum Gasteiger partial charge on any atom is -0.273 e. The van der Waals surface area contributed by atoms with E-state index in [0.29, 0.717) is 5.88 Å². The summed E-state index contributed by atoms with van der Waals surface area (Å²) < 4.78 is 1.99. The molecule has 1 unspecified atom stereocenters. The van der Waals surface area contributed by atoms with Crippen LogP contribution in [-0.2, 0) is 24.8 Å². The number of halogens is 1. The molecule has 0 amide bonds. The van der Waals surface area contributed by atoms with Crippen molar-refractivity contribution in [2.45, 2.75) is 44.6 Å². The highest BCUT2D eigenvalue weighted by Gasteiger charge is 2.36. The van der Waals surface area contributed by atoms with Crippen molar-refractivity contribution in [3.8, 4) is 0 Å². The maximum Gasteiger partial charge on any atom is 0.0522 e. The lowest BCUT2D eigenvalue weighted by atomic mass is 9.68. The first kappa shape index (κ1) is 13.7. The summed E-state index contributed by atoms with van der Waals surface area (Å²) in [7, 11) is 0. The summed E-state index contributed by atoms with van der Waals surface area (Å²) in [5.41, 5.74) is 4.30. The molecule has 0 saturated carbocycles. The second-order valence-electron chi connectivity index (χ2n) is 5.81. The van der Waals surface area contributed by atoms with Crippen molar-refractivity contribution in [2.24, 2.45) is 0 Å². The molecular weight excluding hydrogens is 268 g/mol. The fraction of sp³-hybridized carbons (Fsp3) is 0.471. The Kier molecular flexibility index (Phi) is 3.84. The van der Waals surface area contributed by atoms with Gasteiger partial charge in [0.1, 0.15) is 0 Å². The van der Waals surface area contributed by atoms with Crippen LogP contribution in [0.3, 0.4) is 0 Å². The minimum absolute atomic E-state index is 0.0814. The Labute approximate surface area is 125 Å². The fourth-order valence-corrected chi connectivity index (χ4v) is 3.81. The molecule has 1 aliphatic carbocycles. The number of aromatic nitrogens is 2. The van der Waals surface area contributed by atoms with Gasteiger partial charge in [0.05, 0.1) is 6.20 Å². The van der Waals surface area contributed by atoms with Crippen molar-refractivity contribution in [1.29, 1.82) is 0 Å². The number of hydrogen-bond donors (Lipinski definition) is 0. The Bertz CT molecular complexity index is 590. The Balaban J connectivity index is 1.96. The van der Waals surface area contributed by atoms with E-state index < -0.39 is 0 Å². The fourth-order valence-electron chi connectivity index (χ4n) is 3.44. The average molecular weight is 289 g/mol. The number of fused-ring (bicyclic) bond motifs is 1. The van der Waals surface area contributed by atoms with Crippen molar-refractivity contribution < 1.29 is 0 Å². The summed E-state index contributed by atoms with van der Waals surface area (Å²) in [6.07, 6.45) is 8.73. The quantitative estimate of drug-likeness (QED) is 0.779. The number of rotatable bonds is 4. The van der Waals surface area contributed by atoms with Crippen LogP contribution in [0.1, 0.15) is 36.5 Å². The molecule has 0 fully saturated rings. The molecule has 0 radical (unpaired) electrons. The van der Waals surface area contributed by atoms with Gasteiger partial charge in [-0.1, -0.05) is 24.3 Å². The molecule has 1 atom stereocenters. The van der Waals surface area contributed by atoms with E-state index in [9.17, 15) is 0 Å². The van der Waals surface area contributed by atoms with Gasteiger partial charge in [-0.2, -0.15) is 5.10 Å². The van der Waals surface area contributed by atoms with Gasteiger partial charge >= 0.3 is 0 Å². The van der Waals surface area contributed by atoms with E-state index in [0.717, 1.165) is 13.0 Å². The zero-order valence-corrected chi connectivity index (χ0v) is 12.7. The van der Waals surface area contributed by atoms with E-state index in [4.69, 9.17) is 11.6 Å². The van der Waals surface area contributed by atoms with Gasteiger partial charge in [-0.3, -0.25) is 4.68 Å². The highest BCUT2D eigenvalue weighted by molar-refractivity contribution is 6.18. The van der Waals surface area contributed by atoms with E-state index in [1.54, 1.807) is 0 Å². The minimum atomic E-state index is 0.0814. The molecular formula is C17H21ClN2. The third-order valence-electron chi connectivity index (χ3n) is 4.50. The number of alkyl halides is 1. The molecule has 106 valence electrons. The predicted octanol–water partition coefficient (Wildman–Crippen LogP) is 3.96. The molecule has 0 bridgehead atoms. The molecule has 0 aliphatic heterocycles. The van der Waals surface area contributed by atoms with Gasteiger partial charge in [-0.15, -0.1) is 11.6 Å². The summed E-state index contributed by atoms with van der Waals surface area (Å²) in [5, 5.41) is 4.40. The molecule has 0 spiro atoms. The molecule has 20 heavy (non-hydrogen) atoms. The highest BCUT2D eigenvalue weighted by Crippen LogP contribution is 2.40. The van der Waals surface area contributed by atoms with Gasteiger partial charge in [0.15, 0.2) is 0 Å². The lowest BCUT2D eigenvalue weighted by Crippen LogP contribution is -2.35. The topological polar surface area (TPSA) is 17.8 Å². The molecule has 3 heteroatoms. The second-order valence-corrected chi connectivity index (χ2v) is 6.07. The van der Waals surface area contributed by atoms with Crippen LogP contribution in [-0.4, -0.2) is 15.7 Å². The number of hydrogen-bond acceptors (Lipinski definition) is 1. The van der Waals surface area contributed by atoms with Crippen LogP contribution in [0, 0.1) is 0 Å². The second kappa shape index (κ2) is 5.61. The summed E-state index contributed by atoms with van der Waals surface area (Å²) in [5.74, 6) is 0.682. The molecule has 3 rings (SSSR count). The third-order valence-corrected chi connectivity index (χ3v) is 5.01. The van der Waals surface area contributed by atoms with Crippen molar-refractivity contribution in [3.05, 3.63) is 53.3 Å². The zero-order chi connectivity index (χ0) is 14.0. The Hall–Kier alpha value is -1.28. The summed E-state index contributed by atoms with van der Waals surface area (Å²) in [6, 6.07) is 8.80. The molecule has 0 saturated heterocycles. The van der Waals surface area contributed by atoms with Gasteiger partial charge in [0.2, 0.25) is 0 Å². The first-order valence-electron chi connectivity index (χ1n) is 7.43. The van der Waals surface area contributed by atoms with Crippen LogP contribution >= 0.6 is 11.6 Å². The monoisotopic (exact) mass is 288 g/mol. The zero-order valence-electron chi connectivity index (χ0n) is 12.0. The normalized spacial score (nSPS) is 21.7. The number of nitrogens with zero attached hydrogens (tertiary/aromatic N) is 2. The third kappa shape index (κ3) is 2.37. The highest BCUT2D eigenvalue weighted by atomic mass is 35.5. The van der Waals surface area contributed by atoms with Crippen LogP contribution in [0.2, 0.25) is 0 Å². The maximum absolute atomic E-state index is 6.43. The summed E-state index contributed by atoms with van der Waals surface area (Å²) >= 11 is 6.43. The molecule has 2 nitrogen and oxygen atoms in total. The first-order chi connectivity index (χ1) is 9.77. The molecule has 1 aromatic heterocycles. The maximum atomic E-state index is 6.43. The van der Waals surface area contributed by atoms with Crippen LogP contribution in [0.5, 0.6) is 0 Å². The van der Waals surface area contributed by atoms with Crippen LogP contribution in [0.25, 0.3) is 0 Å². The van der Waals surface area contributed by atoms with Crippen molar-refractivity contribution >= 4 is 11.6 Å². The Morgan fingerprint density at radius 2 is 2.20 bits per heavy atom. The summed E-state index contributed by atoms with van der Waals surface area (Å²) in [4.78, 5) is 0. The lowest BCUT2D eigenvalue weighted by molar-refractivity contribution is 0.396. The number of aryl methyl sites for hydroxylation is 2. The van der Waals surface area contributed by atoms with Gasteiger partial charge in [0, 0.05) is 24.0 Å². The average Bonchev–Trinajstić information content (AvgIpc) is 2.95. The first-order valence-corrected chi connectivity index (χ1v) is 7.96. The van der Waals surface area contributed by atoms with E-state index in [-0.39, 0.29) is 5.41 Å². The molecule has 1 aromatic carbocycles. The Morgan fingerprint density at radius 1 is 1.35 bits per heavy atom. The molecule has 1 heterocycles. The van der Waals surface area contributed by atoms with Crippen molar-refractivity contribution in [3.63, 3.8) is 0 Å².